The number of carbonyl (C=O) groups is 2. The van der Waals surface area contributed by atoms with E-state index in [1.165, 1.54) is 6.92 Å². The third-order valence-corrected chi connectivity index (χ3v) is 3.88. The summed E-state index contributed by atoms with van der Waals surface area (Å²) in [6, 6.07) is 12.2. The molecule has 1 atom stereocenters. The number of aryl methyl sites for hydroxylation is 1. The van der Waals surface area contributed by atoms with Crippen LogP contribution >= 0.6 is 11.6 Å². The predicted octanol–water partition coefficient (Wildman–Crippen LogP) is 4.14. The van der Waals surface area contributed by atoms with Crippen molar-refractivity contribution in [2.24, 2.45) is 0 Å². The van der Waals surface area contributed by atoms with Gasteiger partial charge in [0.05, 0.1) is 5.56 Å². The van der Waals surface area contributed by atoms with Crippen molar-refractivity contribution >= 4 is 29.2 Å². The molecular formula is C18H18ClNO3. The molecule has 4 nitrogen and oxygen atoms in total. The first kappa shape index (κ1) is 17.0. The molecule has 0 aromatic heterocycles. The summed E-state index contributed by atoms with van der Waals surface area (Å²) >= 11 is 6.02. The van der Waals surface area contributed by atoms with Gasteiger partial charge in [-0.3, -0.25) is 4.79 Å². The van der Waals surface area contributed by atoms with Gasteiger partial charge in [-0.15, -0.1) is 0 Å². The summed E-state index contributed by atoms with van der Waals surface area (Å²) in [5.41, 5.74) is 2.82. The van der Waals surface area contributed by atoms with E-state index in [0.29, 0.717) is 16.3 Å². The number of amides is 1. The Labute approximate surface area is 140 Å². The average Bonchev–Trinajstić information content (AvgIpc) is 2.52. The molecule has 120 valence electrons. The number of carbonyl (C=O) groups excluding carboxylic acids is 2. The van der Waals surface area contributed by atoms with Crippen molar-refractivity contribution in [3.63, 3.8) is 0 Å². The molecule has 0 unspecified atom stereocenters. The van der Waals surface area contributed by atoms with Crippen molar-refractivity contribution in [1.29, 1.82) is 0 Å². The highest BCUT2D eigenvalue weighted by Crippen LogP contribution is 2.23. The first-order chi connectivity index (χ1) is 10.9. The van der Waals surface area contributed by atoms with Crippen LogP contribution in [-0.4, -0.2) is 18.0 Å². The van der Waals surface area contributed by atoms with Crippen molar-refractivity contribution in [2.45, 2.75) is 26.9 Å². The fraction of sp³-hybridized carbons (Fsp3) is 0.222. The molecule has 0 aliphatic heterocycles. The van der Waals surface area contributed by atoms with Gasteiger partial charge < -0.3 is 10.1 Å². The van der Waals surface area contributed by atoms with Gasteiger partial charge in [-0.25, -0.2) is 4.79 Å². The van der Waals surface area contributed by atoms with Gasteiger partial charge in [-0.2, -0.15) is 0 Å². The zero-order valence-corrected chi connectivity index (χ0v) is 14.0. The number of rotatable bonds is 4. The summed E-state index contributed by atoms with van der Waals surface area (Å²) in [7, 11) is 0. The van der Waals surface area contributed by atoms with Crippen LogP contribution in [0.4, 0.5) is 5.69 Å². The molecule has 0 aliphatic carbocycles. The second kappa shape index (κ2) is 7.29. The third kappa shape index (κ3) is 4.33. The molecule has 0 aliphatic rings. The Morgan fingerprint density at radius 3 is 2.39 bits per heavy atom. The standard InChI is InChI=1S/C18H18ClNO3/c1-11-7-9-14(10-8-11)18(22)23-13(3)17(21)20-16-6-4-5-15(19)12(16)2/h4-10,13H,1-3H3,(H,20,21)/t13-/m1/s1. The second-order valence-corrected chi connectivity index (χ2v) is 5.72. The monoisotopic (exact) mass is 331 g/mol. The molecule has 2 aromatic rings. The number of esters is 1. The molecule has 0 heterocycles. The summed E-state index contributed by atoms with van der Waals surface area (Å²) < 4.78 is 5.20. The minimum atomic E-state index is -0.915. The van der Waals surface area contributed by atoms with Crippen LogP contribution in [-0.2, 0) is 9.53 Å². The Morgan fingerprint density at radius 2 is 1.74 bits per heavy atom. The lowest BCUT2D eigenvalue weighted by molar-refractivity contribution is -0.123. The molecule has 2 aromatic carbocycles. The zero-order valence-electron chi connectivity index (χ0n) is 13.2. The number of nitrogens with one attached hydrogen (secondary N) is 1. The lowest BCUT2D eigenvalue weighted by Crippen LogP contribution is -2.30. The van der Waals surface area contributed by atoms with E-state index in [1.807, 2.05) is 19.1 Å². The van der Waals surface area contributed by atoms with Crippen LogP contribution in [0.25, 0.3) is 0 Å². The summed E-state index contributed by atoms with van der Waals surface area (Å²) in [5.74, 6) is -0.939. The van der Waals surface area contributed by atoms with Crippen molar-refractivity contribution in [3.8, 4) is 0 Å². The van der Waals surface area contributed by atoms with Gasteiger partial charge in [-0.1, -0.05) is 35.4 Å². The van der Waals surface area contributed by atoms with Gasteiger partial charge in [0.2, 0.25) is 0 Å². The van der Waals surface area contributed by atoms with Gasteiger partial charge in [0.15, 0.2) is 6.10 Å². The molecule has 23 heavy (non-hydrogen) atoms. The average molecular weight is 332 g/mol. The van der Waals surface area contributed by atoms with Crippen molar-refractivity contribution in [1.82, 2.24) is 0 Å². The van der Waals surface area contributed by atoms with Gasteiger partial charge in [0, 0.05) is 10.7 Å². The van der Waals surface area contributed by atoms with Gasteiger partial charge >= 0.3 is 5.97 Å². The van der Waals surface area contributed by atoms with E-state index >= 15 is 0 Å². The summed E-state index contributed by atoms with van der Waals surface area (Å²) in [6.45, 7) is 5.26. The molecule has 0 fully saturated rings. The van der Waals surface area contributed by atoms with E-state index in [0.717, 1.165) is 11.1 Å². The van der Waals surface area contributed by atoms with Gasteiger partial charge in [-0.05, 0) is 50.6 Å². The smallest absolute Gasteiger partial charge is 0.338 e. The number of halogens is 1. The molecule has 0 radical (unpaired) electrons. The van der Waals surface area contributed by atoms with Crippen molar-refractivity contribution in [2.75, 3.05) is 5.32 Å². The van der Waals surface area contributed by atoms with E-state index < -0.39 is 18.0 Å². The quantitative estimate of drug-likeness (QED) is 0.857. The van der Waals surface area contributed by atoms with Crippen LogP contribution in [0, 0.1) is 13.8 Å². The molecular weight excluding hydrogens is 314 g/mol. The SMILES string of the molecule is Cc1ccc(C(=O)O[C@H](C)C(=O)Nc2cccc(Cl)c2C)cc1. The minimum Gasteiger partial charge on any atom is -0.449 e. The number of hydrogen-bond donors (Lipinski definition) is 1. The molecule has 0 saturated carbocycles. The Bertz CT molecular complexity index is 726. The molecule has 0 spiro atoms. The second-order valence-electron chi connectivity index (χ2n) is 5.32. The van der Waals surface area contributed by atoms with Crippen LogP contribution in [0.5, 0.6) is 0 Å². The predicted molar refractivity (Wildman–Crippen MR) is 90.9 cm³/mol. The fourth-order valence-electron chi connectivity index (χ4n) is 1.95. The summed E-state index contributed by atoms with van der Waals surface area (Å²) in [6.07, 6.45) is -0.915. The maximum atomic E-state index is 12.2. The highest BCUT2D eigenvalue weighted by Gasteiger charge is 2.19. The molecule has 1 amide bonds. The Kier molecular flexibility index (Phi) is 5.40. The van der Waals surface area contributed by atoms with E-state index in [2.05, 4.69) is 5.32 Å². The van der Waals surface area contributed by atoms with E-state index in [9.17, 15) is 9.59 Å². The molecule has 1 N–H and O–H groups in total. The van der Waals surface area contributed by atoms with E-state index in [4.69, 9.17) is 16.3 Å². The maximum Gasteiger partial charge on any atom is 0.338 e. The number of ether oxygens (including phenoxy) is 1. The van der Waals surface area contributed by atoms with Crippen LogP contribution < -0.4 is 5.32 Å². The highest BCUT2D eigenvalue weighted by molar-refractivity contribution is 6.31. The van der Waals surface area contributed by atoms with Crippen molar-refractivity contribution < 1.29 is 14.3 Å². The molecule has 5 heteroatoms. The molecule has 0 bridgehead atoms. The van der Waals surface area contributed by atoms with Crippen molar-refractivity contribution in [3.05, 3.63) is 64.2 Å². The largest absolute Gasteiger partial charge is 0.449 e. The third-order valence-electron chi connectivity index (χ3n) is 3.47. The van der Waals surface area contributed by atoms with E-state index in [1.54, 1.807) is 37.3 Å². The van der Waals surface area contributed by atoms with Crippen LogP contribution in [0.3, 0.4) is 0 Å². The minimum absolute atomic E-state index is 0.407. The Hall–Kier alpha value is -2.33. The normalized spacial score (nSPS) is 11.7. The van der Waals surface area contributed by atoms with Gasteiger partial charge in [0.25, 0.3) is 5.91 Å². The lowest BCUT2D eigenvalue weighted by atomic mass is 10.1. The zero-order chi connectivity index (χ0) is 17.0. The number of hydrogen-bond acceptors (Lipinski definition) is 3. The summed E-state index contributed by atoms with van der Waals surface area (Å²) in [4.78, 5) is 24.2. The fourth-order valence-corrected chi connectivity index (χ4v) is 2.12. The van der Waals surface area contributed by atoms with E-state index in [-0.39, 0.29) is 0 Å². The summed E-state index contributed by atoms with van der Waals surface area (Å²) in [5, 5.41) is 3.28. The van der Waals surface area contributed by atoms with Gasteiger partial charge in [0.1, 0.15) is 0 Å². The molecule has 2 rings (SSSR count). The highest BCUT2D eigenvalue weighted by atomic mass is 35.5. The first-order valence-corrected chi connectivity index (χ1v) is 7.60. The number of benzene rings is 2. The Morgan fingerprint density at radius 1 is 1.09 bits per heavy atom. The maximum absolute atomic E-state index is 12.2. The lowest BCUT2D eigenvalue weighted by Gasteiger charge is -2.15. The Balaban J connectivity index is 2.01. The number of anilines is 1. The van der Waals surface area contributed by atoms with Crippen LogP contribution in [0.2, 0.25) is 5.02 Å². The first-order valence-electron chi connectivity index (χ1n) is 7.22. The van der Waals surface area contributed by atoms with Crippen LogP contribution in [0.15, 0.2) is 42.5 Å². The topological polar surface area (TPSA) is 55.4 Å². The van der Waals surface area contributed by atoms with Crippen LogP contribution in [0.1, 0.15) is 28.4 Å². The molecule has 0 saturated heterocycles.